The van der Waals surface area contributed by atoms with E-state index in [9.17, 15) is 14.5 Å². The fourth-order valence-corrected chi connectivity index (χ4v) is 1.94. The monoisotopic (exact) mass is 296 g/mol. The van der Waals surface area contributed by atoms with Crippen molar-refractivity contribution < 1.29 is 14.1 Å². The smallest absolute Gasteiger partial charge is 0.311 e. The second-order valence-corrected chi connectivity index (χ2v) is 4.27. The van der Waals surface area contributed by atoms with Crippen molar-refractivity contribution in [3.8, 4) is 5.75 Å². The molecule has 0 saturated heterocycles. The summed E-state index contributed by atoms with van der Waals surface area (Å²) in [6.45, 7) is 0. The van der Waals surface area contributed by atoms with E-state index in [-0.39, 0.29) is 22.1 Å². The molecule has 2 aromatic rings. The van der Waals surface area contributed by atoms with Crippen LogP contribution in [0.15, 0.2) is 36.4 Å². The zero-order valence-electron chi connectivity index (χ0n) is 10.4. The van der Waals surface area contributed by atoms with E-state index in [4.69, 9.17) is 16.3 Å². The first-order valence-corrected chi connectivity index (χ1v) is 5.94. The summed E-state index contributed by atoms with van der Waals surface area (Å²) in [5, 5.41) is 13.9. The topological polar surface area (TPSA) is 64.4 Å². The molecule has 2 aromatic carbocycles. The molecule has 0 aliphatic heterocycles. The molecule has 0 bridgehead atoms. The minimum absolute atomic E-state index is 0.0223. The van der Waals surface area contributed by atoms with Crippen LogP contribution >= 0.6 is 11.6 Å². The fraction of sp³-hybridized carbons (Fsp3) is 0.0769. The fourth-order valence-electron chi connectivity index (χ4n) is 1.69. The zero-order valence-corrected chi connectivity index (χ0v) is 11.1. The molecule has 0 heterocycles. The molecule has 0 radical (unpaired) electrons. The van der Waals surface area contributed by atoms with E-state index in [1.165, 1.54) is 37.4 Å². The van der Waals surface area contributed by atoms with Crippen LogP contribution in [0, 0.1) is 15.9 Å². The highest BCUT2D eigenvalue weighted by Gasteiger charge is 2.18. The van der Waals surface area contributed by atoms with E-state index in [0.29, 0.717) is 5.69 Å². The highest BCUT2D eigenvalue weighted by Crippen LogP contribution is 2.35. The van der Waals surface area contributed by atoms with Gasteiger partial charge < -0.3 is 10.1 Å². The zero-order chi connectivity index (χ0) is 14.7. The average Bonchev–Trinajstić information content (AvgIpc) is 2.40. The Hall–Kier alpha value is -2.34. The van der Waals surface area contributed by atoms with Gasteiger partial charge in [-0.3, -0.25) is 10.1 Å². The van der Waals surface area contributed by atoms with E-state index >= 15 is 0 Å². The maximum absolute atomic E-state index is 13.3. The largest absolute Gasteiger partial charge is 0.494 e. The SMILES string of the molecule is COc1cc(Nc2cccc(Cl)c2[N+](=O)[O-])ccc1F. The summed E-state index contributed by atoms with van der Waals surface area (Å²) in [6.07, 6.45) is 0. The van der Waals surface area contributed by atoms with Crippen molar-refractivity contribution in [1.82, 2.24) is 0 Å². The summed E-state index contributed by atoms with van der Waals surface area (Å²) < 4.78 is 18.1. The summed E-state index contributed by atoms with van der Waals surface area (Å²) in [7, 11) is 1.34. The molecule has 0 aliphatic rings. The Bertz CT molecular complexity index is 664. The number of anilines is 2. The van der Waals surface area contributed by atoms with Gasteiger partial charge in [-0.25, -0.2) is 4.39 Å². The summed E-state index contributed by atoms with van der Waals surface area (Å²) in [6, 6.07) is 8.58. The normalized spacial score (nSPS) is 10.2. The van der Waals surface area contributed by atoms with E-state index in [0.717, 1.165) is 0 Å². The van der Waals surface area contributed by atoms with Crippen LogP contribution in [-0.2, 0) is 0 Å². The molecule has 104 valence electrons. The summed E-state index contributed by atoms with van der Waals surface area (Å²) in [5.41, 5.74) is 0.433. The van der Waals surface area contributed by atoms with E-state index in [1.54, 1.807) is 6.07 Å². The molecule has 5 nitrogen and oxygen atoms in total. The molecule has 20 heavy (non-hydrogen) atoms. The molecular weight excluding hydrogens is 287 g/mol. The maximum Gasteiger partial charge on any atom is 0.311 e. The predicted octanol–water partition coefficient (Wildman–Crippen LogP) is 4.14. The molecule has 0 spiro atoms. The number of benzene rings is 2. The summed E-state index contributed by atoms with van der Waals surface area (Å²) in [5.74, 6) is -0.474. The maximum atomic E-state index is 13.3. The highest BCUT2D eigenvalue weighted by molar-refractivity contribution is 6.33. The van der Waals surface area contributed by atoms with Crippen molar-refractivity contribution in [3.05, 3.63) is 57.4 Å². The van der Waals surface area contributed by atoms with Crippen LogP contribution in [-0.4, -0.2) is 12.0 Å². The van der Waals surface area contributed by atoms with Gasteiger partial charge in [-0.1, -0.05) is 17.7 Å². The molecule has 2 rings (SSSR count). The van der Waals surface area contributed by atoms with Crippen LogP contribution in [0.1, 0.15) is 0 Å². The third kappa shape index (κ3) is 2.80. The minimum Gasteiger partial charge on any atom is -0.494 e. The van der Waals surface area contributed by atoms with Gasteiger partial charge in [0.25, 0.3) is 0 Å². The van der Waals surface area contributed by atoms with Crippen molar-refractivity contribution >= 4 is 28.7 Å². The third-order valence-electron chi connectivity index (χ3n) is 2.60. The van der Waals surface area contributed by atoms with Crippen molar-refractivity contribution in [2.45, 2.75) is 0 Å². The second-order valence-electron chi connectivity index (χ2n) is 3.87. The Kier molecular flexibility index (Phi) is 4.05. The second kappa shape index (κ2) is 5.75. The van der Waals surface area contributed by atoms with Gasteiger partial charge in [-0.05, 0) is 24.3 Å². The Morgan fingerprint density at radius 3 is 2.75 bits per heavy atom. The number of nitro groups is 1. The Morgan fingerprint density at radius 1 is 1.35 bits per heavy atom. The van der Waals surface area contributed by atoms with Crippen LogP contribution < -0.4 is 10.1 Å². The first kappa shape index (κ1) is 14.1. The van der Waals surface area contributed by atoms with Crippen molar-refractivity contribution in [2.75, 3.05) is 12.4 Å². The number of nitrogens with one attached hydrogen (secondary N) is 1. The molecule has 7 heteroatoms. The number of hydrogen-bond acceptors (Lipinski definition) is 4. The number of ether oxygens (including phenoxy) is 1. The average molecular weight is 297 g/mol. The molecule has 0 unspecified atom stereocenters. The lowest BCUT2D eigenvalue weighted by molar-refractivity contribution is -0.383. The number of hydrogen-bond donors (Lipinski definition) is 1. The first-order valence-electron chi connectivity index (χ1n) is 5.56. The first-order chi connectivity index (χ1) is 9.52. The number of nitro benzene ring substituents is 1. The molecule has 0 amide bonds. The molecule has 0 saturated carbocycles. The lowest BCUT2D eigenvalue weighted by atomic mass is 10.2. The lowest BCUT2D eigenvalue weighted by Gasteiger charge is -2.09. The van der Waals surface area contributed by atoms with E-state index in [1.807, 2.05) is 0 Å². The number of para-hydroxylation sites is 1. The Balaban J connectivity index is 2.40. The van der Waals surface area contributed by atoms with Gasteiger partial charge >= 0.3 is 5.69 Å². The van der Waals surface area contributed by atoms with Gasteiger partial charge in [0, 0.05) is 11.8 Å². The summed E-state index contributed by atoms with van der Waals surface area (Å²) in [4.78, 5) is 10.4. The van der Waals surface area contributed by atoms with Crippen LogP contribution in [0.3, 0.4) is 0 Å². The quantitative estimate of drug-likeness (QED) is 0.680. The number of nitrogens with zero attached hydrogens (tertiary/aromatic N) is 1. The van der Waals surface area contributed by atoms with Crippen LogP contribution in [0.25, 0.3) is 0 Å². The van der Waals surface area contributed by atoms with Crippen LogP contribution in [0.5, 0.6) is 5.75 Å². The number of rotatable bonds is 4. The van der Waals surface area contributed by atoms with Crippen LogP contribution in [0.4, 0.5) is 21.5 Å². The van der Waals surface area contributed by atoms with E-state index < -0.39 is 10.7 Å². The van der Waals surface area contributed by atoms with E-state index in [2.05, 4.69) is 5.32 Å². The molecular formula is C13H10ClFN2O3. The third-order valence-corrected chi connectivity index (χ3v) is 2.90. The van der Waals surface area contributed by atoms with Gasteiger partial charge in [0.05, 0.1) is 12.0 Å². The number of halogens is 2. The van der Waals surface area contributed by atoms with Gasteiger partial charge in [-0.2, -0.15) is 0 Å². The van der Waals surface area contributed by atoms with Gasteiger partial charge in [0.1, 0.15) is 10.7 Å². The molecule has 1 N–H and O–H groups in total. The molecule has 0 atom stereocenters. The van der Waals surface area contributed by atoms with Crippen molar-refractivity contribution in [2.24, 2.45) is 0 Å². The molecule has 0 fully saturated rings. The summed E-state index contributed by atoms with van der Waals surface area (Å²) >= 11 is 5.81. The number of methoxy groups -OCH3 is 1. The van der Waals surface area contributed by atoms with Crippen LogP contribution in [0.2, 0.25) is 5.02 Å². The van der Waals surface area contributed by atoms with Crippen molar-refractivity contribution in [1.29, 1.82) is 0 Å². The Morgan fingerprint density at radius 2 is 2.10 bits per heavy atom. The predicted molar refractivity (Wildman–Crippen MR) is 74.3 cm³/mol. The van der Waals surface area contributed by atoms with Gasteiger partial charge in [-0.15, -0.1) is 0 Å². The standard InChI is InChI=1S/C13H10ClFN2O3/c1-20-12-7-8(5-6-10(12)15)16-11-4-2-3-9(14)13(11)17(18)19/h2-7,16H,1H3. The molecule has 0 aliphatic carbocycles. The van der Waals surface area contributed by atoms with Gasteiger partial charge in [0.2, 0.25) is 0 Å². The lowest BCUT2D eigenvalue weighted by Crippen LogP contribution is -1.98. The van der Waals surface area contributed by atoms with Crippen molar-refractivity contribution in [3.63, 3.8) is 0 Å². The minimum atomic E-state index is -0.578. The Labute approximate surface area is 119 Å². The highest BCUT2D eigenvalue weighted by atomic mass is 35.5. The molecule has 0 aromatic heterocycles. The van der Waals surface area contributed by atoms with Gasteiger partial charge in [0.15, 0.2) is 11.6 Å².